The number of hydrogen-bond donors (Lipinski definition) is 1. The Morgan fingerprint density at radius 3 is 2.67 bits per heavy atom. The molecule has 0 aliphatic heterocycles. The van der Waals surface area contributed by atoms with Gasteiger partial charge in [-0.2, -0.15) is 0 Å². The molecular weight excluding hydrogens is 186 g/mol. The van der Waals surface area contributed by atoms with Gasteiger partial charge in [-0.25, -0.2) is 0 Å². The van der Waals surface area contributed by atoms with E-state index in [0.717, 1.165) is 18.6 Å². The molecule has 0 bridgehead atoms. The summed E-state index contributed by atoms with van der Waals surface area (Å²) in [7, 11) is 1.80. The van der Waals surface area contributed by atoms with Gasteiger partial charge in [-0.05, 0) is 31.6 Å². The predicted octanol–water partition coefficient (Wildman–Crippen LogP) is 2.97. The zero-order chi connectivity index (χ0) is 11.1. The highest BCUT2D eigenvalue weighted by Gasteiger charge is 2.24. The van der Waals surface area contributed by atoms with Crippen molar-refractivity contribution < 1.29 is 4.74 Å². The minimum atomic E-state index is 0.570. The van der Waals surface area contributed by atoms with Crippen molar-refractivity contribution in [3.05, 3.63) is 0 Å². The summed E-state index contributed by atoms with van der Waals surface area (Å²) in [5, 5.41) is 3.76. The molecule has 0 aromatic heterocycles. The van der Waals surface area contributed by atoms with Gasteiger partial charge < -0.3 is 10.1 Å². The summed E-state index contributed by atoms with van der Waals surface area (Å²) >= 11 is 0. The molecule has 0 aromatic carbocycles. The van der Waals surface area contributed by atoms with E-state index in [4.69, 9.17) is 4.74 Å². The Balaban J connectivity index is 2.25. The lowest BCUT2D eigenvalue weighted by Gasteiger charge is -2.22. The first kappa shape index (κ1) is 13.0. The van der Waals surface area contributed by atoms with E-state index in [2.05, 4.69) is 19.2 Å². The van der Waals surface area contributed by atoms with Gasteiger partial charge in [0.25, 0.3) is 0 Å². The highest BCUT2D eigenvalue weighted by molar-refractivity contribution is 4.82. The molecule has 0 spiro atoms. The number of rotatable bonds is 7. The third kappa shape index (κ3) is 4.52. The second kappa shape index (κ2) is 7.24. The van der Waals surface area contributed by atoms with Crippen LogP contribution in [0.15, 0.2) is 0 Å². The van der Waals surface area contributed by atoms with Crippen LogP contribution in [0, 0.1) is 5.92 Å². The van der Waals surface area contributed by atoms with E-state index in [0.29, 0.717) is 6.04 Å². The minimum Gasteiger partial charge on any atom is -0.383 e. The van der Waals surface area contributed by atoms with Crippen molar-refractivity contribution in [2.75, 3.05) is 13.7 Å². The smallest absolute Gasteiger partial charge is 0.0615 e. The van der Waals surface area contributed by atoms with Crippen LogP contribution in [0.4, 0.5) is 0 Å². The van der Waals surface area contributed by atoms with Gasteiger partial charge in [0, 0.05) is 19.2 Å². The molecule has 1 fully saturated rings. The minimum absolute atomic E-state index is 0.570. The van der Waals surface area contributed by atoms with Gasteiger partial charge in [-0.1, -0.05) is 26.7 Å². The lowest BCUT2D eigenvalue weighted by molar-refractivity contribution is 0.155. The third-order valence-corrected chi connectivity index (χ3v) is 3.59. The normalized spacial score (nSPS) is 28.2. The van der Waals surface area contributed by atoms with Gasteiger partial charge >= 0.3 is 0 Å². The molecule has 2 heteroatoms. The summed E-state index contributed by atoms with van der Waals surface area (Å²) in [6.07, 6.45) is 7.98. The molecule has 90 valence electrons. The van der Waals surface area contributed by atoms with Crippen molar-refractivity contribution in [1.82, 2.24) is 5.32 Å². The second-order valence-corrected chi connectivity index (χ2v) is 4.89. The molecule has 0 radical (unpaired) electrons. The van der Waals surface area contributed by atoms with Crippen molar-refractivity contribution in [3.63, 3.8) is 0 Å². The van der Waals surface area contributed by atoms with E-state index >= 15 is 0 Å². The molecule has 0 aromatic rings. The Kier molecular flexibility index (Phi) is 6.26. The fourth-order valence-corrected chi connectivity index (χ4v) is 2.69. The largest absolute Gasteiger partial charge is 0.383 e. The number of hydrogen-bond acceptors (Lipinski definition) is 2. The Hall–Kier alpha value is -0.0800. The lowest BCUT2D eigenvalue weighted by atomic mass is 10.0. The molecule has 15 heavy (non-hydrogen) atoms. The number of ether oxygens (including phenoxy) is 1. The molecule has 0 amide bonds. The van der Waals surface area contributed by atoms with Gasteiger partial charge in [-0.15, -0.1) is 0 Å². The van der Waals surface area contributed by atoms with Gasteiger partial charge in [0.15, 0.2) is 0 Å². The Labute approximate surface area is 94.8 Å². The molecule has 1 aliphatic rings. The highest BCUT2D eigenvalue weighted by Crippen LogP contribution is 2.28. The molecule has 0 heterocycles. The van der Waals surface area contributed by atoms with Crippen LogP contribution in [0.3, 0.4) is 0 Å². The van der Waals surface area contributed by atoms with E-state index in [1.165, 1.54) is 38.5 Å². The SMILES string of the molecule is CCCC(COC)NC1CCC(CC)C1. The highest BCUT2D eigenvalue weighted by atomic mass is 16.5. The maximum Gasteiger partial charge on any atom is 0.0615 e. The third-order valence-electron chi connectivity index (χ3n) is 3.59. The molecule has 1 saturated carbocycles. The standard InChI is InChI=1S/C13H27NO/c1-4-6-13(10-15-3)14-12-8-7-11(5-2)9-12/h11-14H,4-10H2,1-3H3. The van der Waals surface area contributed by atoms with Gasteiger partial charge in [0.2, 0.25) is 0 Å². The monoisotopic (exact) mass is 213 g/mol. The molecular formula is C13H27NO. The summed E-state index contributed by atoms with van der Waals surface area (Å²) in [4.78, 5) is 0. The Bertz CT molecular complexity index is 155. The molecule has 3 unspecified atom stereocenters. The van der Waals surface area contributed by atoms with Crippen LogP contribution in [0.1, 0.15) is 52.4 Å². The zero-order valence-corrected chi connectivity index (χ0v) is 10.6. The molecule has 1 aliphatic carbocycles. The molecule has 1 rings (SSSR count). The number of nitrogens with one attached hydrogen (secondary N) is 1. The Morgan fingerprint density at radius 2 is 2.13 bits per heavy atom. The van der Waals surface area contributed by atoms with Crippen molar-refractivity contribution in [1.29, 1.82) is 0 Å². The van der Waals surface area contributed by atoms with Crippen LogP contribution >= 0.6 is 0 Å². The average molecular weight is 213 g/mol. The van der Waals surface area contributed by atoms with Crippen LogP contribution in [0.2, 0.25) is 0 Å². The molecule has 3 atom stereocenters. The van der Waals surface area contributed by atoms with Crippen molar-refractivity contribution in [2.45, 2.75) is 64.5 Å². The molecule has 1 N–H and O–H groups in total. The summed E-state index contributed by atoms with van der Waals surface area (Å²) in [6.45, 7) is 5.42. The Morgan fingerprint density at radius 1 is 1.33 bits per heavy atom. The van der Waals surface area contributed by atoms with Crippen molar-refractivity contribution in [2.24, 2.45) is 5.92 Å². The summed E-state index contributed by atoms with van der Waals surface area (Å²) in [6, 6.07) is 1.32. The lowest BCUT2D eigenvalue weighted by Crippen LogP contribution is -2.39. The van der Waals surface area contributed by atoms with Crippen LogP contribution < -0.4 is 5.32 Å². The summed E-state index contributed by atoms with van der Waals surface area (Å²) < 4.78 is 5.26. The van der Waals surface area contributed by atoms with E-state index in [-0.39, 0.29) is 0 Å². The van der Waals surface area contributed by atoms with E-state index in [1.54, 1.807) is 7.11 Å². The fraction of sp³-hybridized carbons (Fsp3) is 1.00. The maximum absolute atomic E-state index is 5.26. The van der Waals surface area contributed by atoms with Crippen LogP contribution in [-0.2, 0) is 4.74 Å². The van der Waals surface area contributed by atoms with E-state index < -0.39 is 0 Å². The van der Waals surface area contributed by atoms with Crippen molar-refractivity contribution >= 4 is 0 Å². The summed E-state index contributed by atoms with van der Waals surface area (Å²) in [5.41, 5.74) is 0. The fourth-order valence-electron chi connectivity index (χ4n) is 2.69. The van der Waals surface area contributed by atoms with E-state index in [9.17, 15) is 0 Å². The topological polar surface area (TPSA) is 21.3 Å². The second-order valence-electron chi connectivity index (χ2n) is 4.89. The first-order chi connectivity index (χ1) is 7.30. The first-order valence-electron chi connectivity index (χ1n) is 6.55. The zero-order valence-electron chi connectivity index (χ0n) is 10.6. The van der Waals surface area contributed by atoms with Gasteiger partial charge in [-0.3, -0.25) is 0 Å². The number of methoxy groups -OCH3 is 1. The van der Waals surface area contributed by atoms with Gasteiger partial charge in [0.1, 0.15) is 0 Å². The van der Waals surface area contributed by atoms with Crippen LogP contribution in [0.5, 0.6) is 0 Å². The van der Waals surface area contributed by atoms with Gasteiger partial charge in [0.05, 0.1) is 6.61 Å². The maximum atomic E-state index is 5.26. The van der Waals surface area contributed by atoms with E-state index in [1.807, 2.05) is 0 Å². The van der Waals surface area contributed by atoms with Crippen LogP contribution in [0.25, 0.3) is 0 Å². The first-order valence-corrected chi connectivity index (χ1v) is 6.55. The molecule has 2 nitrogen and oxygen atoms in total. The predicted molar refractivity (Wildman–Crippen MR) is 65.1 cm³/mol. The molecule has 0 saturated heterocycles. The van der Waals surface area contributed by atoms with Crippen molar-refractivity contribution in [3.8, 4) is 0 Å². The van der Waals surface area contributed by atoms with Crippen LogP contribution in [-0.4, -0.2) is 25.8 Å². The quantitative estimate of drug-likeness (QED) is 0.702. The summed E-state index contributed by atoms with van der Waals surface area (Å²) in [5.74, 6) is 0.965. The average Bonchev–Trinajstić information content (AvgIpc) is 2.66.